The molecule has 0 amide bonds. The maximum absolute atomic E-state index is 10.9. The van der Waals surface area contributed by atoms with Crippen molar-refractivity contribution in [1.29, 1.82) is 0 Å². The fourth-order valence-corrected chi connectivity index (χ4v) is 2.20. The molecular formula is C10H11NO5S. The fraction of sp³-hybridized carbons (Fsp3) is 0.300. The standard InChI is InChI=1S/C10H11NO5S/c1-16-6-9(10(12)13)17-8-5-3-2-4-7(8)11(14)15/h2-5,9H,6H2,1H3,(H,12,13). The van der Waals surface area contributed by atoms with Crippen LogP contribution in [0.25, 0.3) is 0 Å². The number of para-hydroxylation sites is 1. The van der Waals surface area contributed by atoms with E-state index in [2.05, 4.69) is 0 Å². The van der Waals surface area contributed by atoms with Crippen molar-refractivity contribution in [3.63, 3.8) is 0 Å². The van der Waals surface area contributed by atoms with Crippen molar-refractivity contribution in [3.05, 3.63) is 34.4 Å². The van der Waals surface area contributed by atoms with Crippen molar-refractivity contribution < 1.29 is 19.6 Å². The number of rotatable bonds is 6. The number of thioether (sulfide) groups is 1. The summed E-state index contributed by atoms with van der Waals surface area (Å²) in [6, 6.07) is 6.03. The van der Waals surface area contributed by atoms with E-state index in [-0.39, 0.29) is 12.3 Å². The lowest BCUT2D eigenvalue weighted by Gasteiger charge is -2.10. The minimum atomic E-state index is -1.06. The Morgan fingerprint density at radius 1 is 1.59 bits per heavy atom. The molecule has 6 nitrogen and oxygen atoms in total. The summed E-state index contributed by atoms with van der Waals surface area (Å²) >= 11 is 0.910. The second-order valence-electron chi connectivity index (χ2n) is 3.12. The second-order valence-corrected chi connectivity index (χ2v) is 4.37. The van der Waals surface area contributed by atoms with Gasteiger partial charge in [-0.05, 0) is 6.07 Å². The van der Waals surface area contributed by atoms with Crippen LogP contribution in [-0.4, -0.2) is 35.0 Å². The van der Waals surface area contributed by atoms with Gasteiger partial charge in [0.15, 0.2) is 0 Å². The molecule has 1 atom stereocenters. The van der Waals surface area contributed by atoms with Crippen molar-refractivity contribution in [1.82, 2.24) is 0 Å². The molecule has 1 rings (SSSR count). The maximum atomic E-state index is 10.9. The van der Waals surface area contributed by atoms with Gasteiger partial charge in [-0.1, -0.05) is 12.1 Å². The van der Waals surface area contributed by atoms with Crippen LogP contribution in [0.3, 0.4) is 0 Å². The zero-order valence-corrected chi connectivity index (χ0v) is 9.85. The van der Waals surface area contributed by atoms with Crippen LogP contribution >= 0.6 is 11.8 Å². The monoisotopic (exact) mass is 257 g/mol. The van der Waals surface area contributed by atoms with Crippen molar-refractivity contribution in [2.75, 3.05) is 13.7 Å². The second kappa shape index (κ2) is 6.21. The van der Waals surface area contributed by atoms with E-state index in [1.165, 1.54) is 25.3 Å². The number of benzene rings is 1. The molecule has 0 aliphatic heterocycles. The summed E-state index contributed by atoms with van der Waals surface area (Å²) in [6.45, 7) is -0.00789. The molecule has 0 saturated heterocycles. The molecule has 0 saturated carbocycles. The molecular weight excluding hydrogens is 246 g/mol. The van der Waals surface area contributed by atoms with Gasteiger partial charge in [0.25, 0.3) is 5.69 Å². The highest BCUT2D eigenvalue weighted by molar-refractivity contribution is 8.00. The predicted molar refractivity (Wildman–Crippen MR) is 62.3 cm³/mol. The Morgan fingerprint density at radius 3 is 2.76 bits per heavy atom. The van der Waals surface area contributed by atoms with Gasteiger partial charge in [-0.3, -0.25) is 14.9 Å². The number of hydrogen-bond acceptors (Lipinski definition) is 5. The van der Waals surface area contributed by atoms with Crippen LogP contribution < -0.4 is 0 Å². The Bertz CT molecular complexity index is 423. The molecule has 0 bridgehead atoms. The Kier molecular flexibility index (Phi) is 4.92. The molecule has 7 heteroatoms. The van der Waals surface area contributed by atoms with Crippen molar-refractivity contribution >= 4 is 23.4 Å². The van der Waals surface area contributed by atoms with Crippen LogP contribution in [0.1, 0.15) is 0 Å². The Morgan fingerprint density at radius 2 is 2.24 bits per heavy atom. The molecule has 17 heavy (non-hydrogen) atoms. The first-order chi connectivity index (χ1) is 8.06. The number of carbonyl (C=O) groups is 1. The van der Waals surface area contributed by atoms with Gasteiger partial charge >= 0.3 is 5.97 Å². The summed E-state index contributed by atoms with van der Waals surface area (Å²) in [7, 11) is 1.38. The molecule has 1 aromatic rings. The number of nitrogens with zero attached hydrogens (tertiary/aromatic N) is 1. The average Bonchev–Trinajstić information content (AvgIpc) is 2.28. The summed E-state index contributed by atoms with van der Waals surface area (Å²) in [5, 5.41) is 18.8. The third-order valence-electron chi connectivity index (χ3n) is 1.92. The molecule has 0 heterocycles. The maximum Gasteiger partial charge on any atom is 0.319 e. The van der Waals surface area contributed by atoms with E-state index in [9.17, 15) is 14.9 Å². The number of carboxylic acid groups (broad SMARTS) is 1. The van der Waals surface area contributed by atoms with Gasteiger partial charge in [0.1, 0.15) is 5.25 Å². The van der Waals surface area contributed by atoms with E-state index in [0.717, 1.165) is 11.8 Å². The van der Waals surface area contributed by atoms with E-state index < -0.39 is 16.1 Å². The summed E-state index contributed by atoms with van der Waals surface area (Å²) in [5.41, 5.74) is -0.0974. The quantitative estimate of drug-likeness (QED) is 0.474. The molecule has 0 aliphatic carbocycles. The Hall–Kier alpha value is -1.60. The first kappa shape index (κ1) is 13.5. The summed E-state index contributed by atoms with van der Waals surface area (Å²) in [4.78, 5) is 21.4. The Balaban J connectivity index is 2.92. The summed E-state index contributed by atoms with van der Waals surface area (Å²) < 4.78 is 4.77. The molecule has 0 aromatic heterocycles. The van der Waals surface area contributed by atoms with Gasteiger partial charge in [-0.15, -0.1) is 11.8 Å². The van der Waals surface area contributed by atoms with Crippen LogP contribution in [-0.2, 0) is 9.53 Å². The summed E-state index contributed by atoms with van der Waals surface area (Å²) in [5.74, 6) is -1.06. The van der Waals surface area contributed by atoms with E-state index in [4.69, 9.17) is 9.84 Å². The first-order valence-corrected chi connectivity index (χ1v) is 5.56. The molecule has 1 N–H and O–H groups in total. The number of nitro groups is 1. The van der Waals surface area contributed by atoms with Gasteiger partial charge in [0.2, 0.25) is 0 Å². The molecule has 92 valence electrons. The van der Waals surface area contributed by atoms with Gasteiger partial charge in [-0.2, -0.15) is 0 Å². The molecule has 0 fully saturated rings. The van der Waals surface area contributed by atoms with Crippen LogP contribution in [0.15, 0.2) is 29.2 Å². The third-order valence-corrected chi connectivity index (χ3v) is 3.15. The number of ether oxygens (including phenoxy) is 1. The first-order valence-electron chi connectivity index (χ1n) is 4.68. The van der Waals surface area contributed by atoms with Gasteiger partial charge in [0.05, 0.1) is 16.4 Å². The minimum Gasteiger partial charge on any atom is -0.480 e. The predicted octanol–water partition coefficient (Wildman–Crippen LogP) is 1.79. The fourth-order valence-electron chi connectivity index (χ4n) is 1.17. The van der Waals surface area contributed by atoms with E-state index in [0.29, 0.717) is 4.90 Å². The van der Waals surface area contributed by atoms with E-state index >= 15 is 0 Å². The highest BCUT2D eigenvalue weighted by Gasteiger charge is 2.23. The SMILES string of the molecule is COCC(Sc1ccccc1[N+](=O)[O-])C(=O)O. The lowest BCUT2D eigenvalue weighted by molar-refractivity contribution is -0.387. The molecule has 1 unspecified atom stereocenters. The Labute approximate surface area is 102 Å². The normalized spacial score (nSPS) is 12.1. The van der Waals surface area contributed by atoms with E-state index in [1.807, 2.05) is 0 Å². The van der Waals surface area contributed by atoms with Crippen molar-refractivity contribution in [2.45, 2.75) is 10.1 Å². The number of aliphatic carboxylic acids is 1. The van der Waals surface area contributed by atoms with Crippen LogP contribution in [0.2, 0.25) is 0 Å². The number of nitro benzene ring substituents is 1. The van der Waals surface area contributed by atoms with Crippen molar-refractivity contribution in [2.24, 2.45) is 0 Å². The minimum absolute atomic E-state index is 0.00789. The van der Waals surface area contributed by atoms with Crippen LogP contribution in [0.5, 0.6) is 0 Å². The molecule has 1 aromatic carbocycles. The number of hydrogen-bond donors (Lipinski definition) is 1. The smallest absolute Gasteiger partial charge is 0.319 e. The zero-order chi connectivity index (χ0) is 12.8. The zero-order valence-electron chi connectivity index (χ0n) is 9.03. The van der Waals surface area contributed by atoms with Gasteiger partial charge in [0, 0.05) is 13.2 Å². The largest absolute Gasteiger partial charge is 0.480 e. The third kappa shape index (κ3) is 3.72. The van der Waals surface area contributed by atoms with Crippen molar-refractivity contribution in [3.8, 4) is 0 Å². The highest BCUT2D eigenvalue weighted by Crippen LogP contribution is 2.31. The molecule has 0 aliphatic rings. The summed E-state index contributed by atoms with van der Waals surface area (Å²) in [6.07, 6.45) is 0. The van der Waals surface area contributed by atoms with Crippen LogP contribution in [0, 0.1) is 10.1 Å². The van der Waals surface area contributed by atoms with Gasteiger partial charge in [-0.25, -0.2) is 0 Å². The lowest BCUT2D eigenvalue weighted by atomic mass is 10.3. The van der Waals surface area contributed by atoms with E-state index in [1.54, 1.807) is 6.07 Å². The highest BCUT2D eigenvalue weighted by atomic mass is 32.2. The lowest BCUT2D eigenvalue weighted by Crippen LogP contribution is -2.21. The number of methoxy groups -OCH3 is 1. The van der Waals surface area contributed by atoms with Gasteiger partial charge < -0.3 is 9.84 Å². The van der Waals surface area contributed by atoms with Crippen LogP contribution in [0.4, 0.5) is 5.69 Å². The average molecular weight is 257 g/mol. The number of carboxylic acids is 1. The molecule has 0 spiro atoms. The topological polar surface area (TPSA) is 89.7 Å². The molecule has 0 radical (unpaired) electrons.